The fourth-order valence-electron chi connectivity index (χ4n) is 4.85. The zero-order chi connectivity index (χ0) is 22.5. The molecule has 3 aromatic heterocycles. The summed E-state index contributed by atoms with van der Waals surface area (Å²) in [6.45, 7) is 4.22. The van der Waals surface area contributed by atoms with Crippen LogP contribution in [0.1, 0.15) is 44.4 Å². The van der Waals surface area contributed by atoms with Crippen LogP contribution in [0.2, 0.25) is 0 Å². The maximum absolute atomic E-state index is 11.8. The molecule has 0 saturated heterocycles. The molecule has 4 aromatic rings. The highest BCUT2D eigenvalue weighted by Gasteiger charge is 2.27. The van der Waals surface area contributed by atoms with Crippen molar-refractivity contribution < 1.29 is 14.6 Å². The second kappa shape index (κ2) is 7.75. The van der Waals surface area contributed by atoms with Crippen LogP contribution in [0.4, 0.5) is 0 Å². The van der Waals surface area contributed by atoms with Gasteiger partial charge in [0.2, 0.25) is 5.95 Å². The lowest BCUT2D eigenvalue weighted by Crippen LogP contribution is -2.35. The number of carbonyl (C=O) groups excluding carboxylic acids is 1. The molecule has 1 unspecified atom stereocenters. The van der Waals surface area contributed by atoms with Gasteiger partial charge in [0.25, 0.3) is 0 Å². The predicted molar refractivity (Wildman–Crippen MR) is 121 cm³/mol. The van der Waals surface area contributed by atoms with Crippen molar-refractivity contribution >= 4 is 17.0 Å². The van der Waals surface area contributed by atoms with Crippen LogP contribution in [0.3, 0.4) is 0 Å². The number of cyclic esters (lactones) is 1. The number of hydrogen-bond donors (Lipinski definition) is 1. The Bertz CT molecular complexity index is 1400. The standard InChI is InChI=1S/C25H23N5O3/c1-15-17(4-5-18-19(15)14-33-24(18)32)23(31)13-29-9-6-20-16(12-29)11-27-25(28-20)30-10-7-21-22(30)3-2-8-26-21/h2-5,7-8,10-11,23,31H,6,9,12-14H2,1H3. The van der Waals surface area contributed by atoms with E-state index < -0.39 is 6.10 Å². The molecule has 8 heteroatoms. The molecule has 2 aliphatic heterocycles. The van der Waals surface area contributed by atoms with Crippen LogP contribution >= 0.6 is 0 Å². The molecule has 5 heterocycles. The van der Waals surface area contributed by atoms with E-state index in [2.05, 4.69) is 14.9 Å². The van der Waals surface area contributed by atoms with Gasteiger partial charge in [-0.3, -0.25) is 14.5 Å². The summed E-state index contributed by atoms with van der Waals surface area (Å²) >= 11 is 0. The van der Waals surface area contributed by atoms with Crippen molar-refractivity contribution in [2.75, 3.05) is 13.1 Å². The molecule has 1 atom stereocenters. The van der Waals surface area contributed by atoms with E-state index in [4.69, 9.17) is 9.72 Å². The molecule has 8 nitrogen and oxygen atoms in total. The number of rotatable bonds is 4. The highest BCUT2D eigenvalue weighted by Crippen LogP contribution is 2.30. The third-order valence-corrected chi connectivity index (χ3v) is 6.67. The molecule has 1 aromatic carbocycles. The number of pyridine rings is 1. The van der Waals surface area contributed by atoms with Crippen LogP contribution in [0, 0.1) is 6.92 Å². The minimum absolute atomic E-state index is 0.282. The average molecular weight is 441 g/mol. The maximum atomic E-state index is 11.8. The van der Waals surface area contributed by atoms with Gasteiger partial charge in [0.05, 0.1) is 28.4 Å². The van der Waals surface area contributed by atoms with Gasteiger partial charge in [0, 0.05) is 55.8 Å². The lowest BCUT2D eigenvalue weighted by molar-refractivity contribution is 0.0535. The number of nitrogens with zero attached hydrogens (tertiary/aromatic N) is 5. The third kappa shape index (κ3) is 3.39. The summed E-state index contributed by atoms with van der Waals surface area (Å²) in [5.41, 5.74) is 7.29. The zero-order valence-corrected chi connectivity index (χ0v) is 18.2. The molecule has 0 saturated carbocycles. The minimum atomic E-state index is -0.647. The Labute approximate surface area is 190 Å². The van der Waals surface area contributed by atoms with Gasteiger partial charge in [-0.2, -0.15) is 0 Å². The summed E-state index contributed by atoms with van der Waals surface area (Å²) in [6.07, 6.45) is 5.76. The van der Waals surface area contributed by atoms with Crippen molar-refractivity contribution in [3.05, 3.63) is 82.4 Å². The summed E-state index contributed by atoms with van der Waals surface area (Å²) < 4.78 is 7.10. The Morgan fingerprint density at radius 1 is 1.21 bits per heavy atom. The predicted octanol–water partition coefficient (Wildman–Crippen LogP) is 2.89. The van der Waals surface area contributed by atoms with Crippen LogP contribution in [0.15, 0.2) is 48.9 Å². The molecule has 0 amide bonds. The first kappa shape index (κ1) is 20.0. The van der Waals surface area contributed by atoms with E-state index in [0.717, 1.165) is 51.9 Å². The molecular weight excluding hydrogens is 418 g/mol. The van der Waals surface area contributed by atoms with Crippen molar-refractivity contribution in [2.24, 2.45) is 0 Å². The lowest BCUT2D eigenvalue weighted by Gasteiger charge is -2.30. The van der Waals surface area contributed by atoms with Crippen LogP contribution in [-0.4, -0.2) is 48.6 Å². The van der Waals surface area contributed by atoms with Crippen molar-refractivity contribution in [2.45, 2.75) is 32.6 Å². The van der Waals surface area contributed by atoms with Gasteiger partial charge < -0.3 is 9.84 Å². The van der Waals surface area contributed by atoms with Gasteiger partial charge in [-0.15, -0.1) is 0 Å². The molecule has 0 aliphatic carbocycles. The molecule has 166 valence electrons. The minimum Gasteiger partial charge on any atom is -0.457 e. The van der Waals surface area contributed by atoms with E-state index in [1.807, 2.05) is 48.1 Å². The highest BCUT2D eigenvalue weighted by atomic mass is 16.5. The average Bonchev–Trinajstić information content (AvgIpc) is 3.43. The zero-order valence-electron chi connectivity index (χ0n) is 18.2. The first-order chi connectivity index (χ1) is 16.1. The first-order valence-corrected chi connectivity index (χ1v) is 11.1. The van der Waals surface area contributed by atoms with E-state index in [9.17, 15) is 9.90 Å². The molecule has 1 N–H and O–H groups in total. The number of fused-ring (bicyclic) bond motifs is 3. The Kier molecular flexibility index (Phi) is 4.70. The quantitative estimate of drug-likeness (QED) is 0.487. The maximum Gasteiger partial charge on any atom is 0.338 e. The van der Waals surface area contributed by atoms with Crippen molar-refractivity contribution in [1.82, 2.24) is 24.4 Å². The van der Waals surface area contributed by atoms with Gasteiger partial charge in [-0.05, 0) is 42.3 Å². The van der Waals surface area contributed by atoms with Gasteiger partial charge in [-0.25, -0.2) is 14.8 Å². The monoisotopic (exact) mass is 441 g/mol. The number of ether oxygens (including phenoxy) is 1. The van der Waals surface area contributed by atoms with Gasteiger partial charge in [-0.1, -0.05) is 6.07 Å². The van der Waals surface area contributed by atoms with Crippen LogP contribution in [-0.2, 0) is 24.3 Å². The number of aromatic nitrogens is 4. The van der Waals surface area contributed by atoms with Crippen molar-refractivity contribution in [3.8, 4) is 5.95 Å². The lowest BCUT2D eigenvalue weighted by atomic mass is 9.95. The number of β-amino-alcohol motifs (C(OH)–C–C–N with tert-alkyl or cyclic N) is 1. The second-order valence-electron chi connectivity index (χ2n) is 8.62. The molecule has 0 radical (unpaired) electrons. The van der Waals surface area contributed by atoms with Gasteiger partial charge in [0.1, 0.15) is 6.61 Å². The van der Waals surface area contributed by atoms with Crippen LogP contribution < -0.4 is 0 Å². The Hall–Kier alpha value is -3.62. The van der Waals surface area contributed by atoms with Crippen molar-refractivity contribution in [3.63, 3.8) is 0 Å². The Morgan fingerprint density at radius 2 is 2.12 bits per heavy atom. The molecule has 6 rings (SSSR count). The summed E-state index contributed by atoms with van der Waals surface area (Å²) in [7, 11) is 0. The number of benzene rings is 1. The van der Waals surface area contributed by atoms with E-state index in [0.29, 0.717) is 24.6 Å². The molecule has 2 aliphatic rings. The molecule has 0 bridgehead atoms. The normalized spacial score (nSPS) is 16.5. The van der Waals surface area contributed by atoms with E-state index >= 15 is 0 Å². The number of aliphatic hydroxyl groups is 1. The highest BCUT2D eigenvalue weighted by molar-refractivity contribution is 5.94. The fourth-order valence-corrected chi connectivity index (χ4v) is 4.85. The molecular formula is C25H23N5O3. The third-order valence-electron chi connectivity index (χ3n) is 6.67. The summed E-state index contributed by atoms with van der Waals surface area (Å²) in [5.74, 6) is 0.362. The topological polar surface area (TPSA) is 93.4 Å². The number of hydrogen-bond acceptors (Lipinski definition) is 7. The summed E-state index contributed by atoms with van der Waals surface area (Å²) in [4.78, 5) is 27.8. The Balaban J connectivity index is 1.20. The first-order valence-electron chi connectivity index (χ1n) is 11.1. The number of carbonyl (C=O) groups is 1. The van der Waals surface area contributed by atoms with E-state index in [1.54, 1.807) is 12.3 Å². The Morgan fingerprint density at radius 3 is 3.03 bits per heavy atom. The number of aliphatic hydroxyl groups excluding tert-OH is 1. The fraction of sp³-hybridized carbons (Fsp3) is 0.280. The van der Waals surface area contributed by atoms with E-state index in [-0.39, 0.29) is 12.6 Å². The largest absolute Gasteiger partial charge is 0.457 e. The smallest absolute Gasteiger partial charge is 0.338 e. The molecule has 33 heavy (non-hydrogen) atoms. The van der Waals surface area contributed by atoms with Crippen LogP contribution in [0.25, 0.3) is 17.0 Å². The van der Waals surface area contributed by atoms with Crippen molar-refractivity contribution in [1.29, 1.82) is 0 Å². The van der Waals surface area contributed by atoms with Gasteiger partial charge >= 0.3 is 5.97 Å². The van der Waals surface area contributed by atoms with E-state index in [1.165, 1.54) is 0 Å². The second-order valence-corrected chi connectivity index (χ2v) is 8.62. The van der Waals surface area contributed by atoms with Crippen LogP contribution in [0.5, 0.6) is 0 Å². The number of esters is 1. The SMILES string of the molecule is Cc1c(C(O)CN2CCc3nc(-n4ccc5ncccc54)ncc3C2)ccc2c1COC2=O. The molecule has 0 fully saturated rings. The molecule has 0 spiro atoms. The summed E-state index contributed by atoms with van der Waals surface area (Å²) in [5, 5.41) is 11.0. The summed E-state index contributed by atoms with van der Waals surface area (Å²) in [6, 6.07) is 9.49. The van der Waals surface area contributed by atoms with Gasteiger partial charge in [0.15, 0.2) is 0 Å².